The van der Waals surface area contributed by atoms with Crippen LogP contribution in [0.2, 0.25) is 4.34 Å². The zero-order valence-corrected chi connectivity index (χ0v) is 9.80. The van der Waals surface area contributed by atoms with Gasteiger partial charge in [-0.05, 0) is 19.1 Å². The third-order valence-electron chi connectivity index (χ3n) is 1.57. The summed E-state index contributed by atoms with van der Waals surface area (Å²) < 4.78 is 0.582. The number of carbonyl (C=O) groups is 1. The molecule has 6 heteroatoms. The number of nitrogens with two attached hydrogens (primary N) is 1. The Labute approximate surface area is 96.2 Å². The maximum absolute atomic E-state index is 11.5. The van der Waals surface area contributed by atoms with Crippen molar-refractivity contribution in [2.45, 2.75) is 13.0 Å². The van der Waals surface area contributed by atoms with Crippen molar-refractivity contribution in [3.63, 3.8) is 0 Å². The van der Waals surface area contributed by atoms with Gasteiger partial charge >= 0.3 is 0 Å². The number of carbonyl (C=O) groups excluding carboxylic acids is 1. The molecule has 76 valence electrons. The molecule has 1 atom stereocenters. The Morgan fingerprint density at radius 3 is 2.79 bits per heavy atom. The van der Waals surface area contributed by atoms with Gasteiger partial charge in [-0.3, -0.25) is 4.79 Å². The van der Waals surface area contributed by atoms with Crippen LogP contribution in [0.1, 0.15) is 16.6 Å². The Morgan fingerprint density at radius 1 is 1.71 bits per heavy atom. The maximum atomic E-state index is 11.5. The van der Waals surface area contributed by atoms with Crippen LogP contribution in [0.5, 0.6) is 0 Å². The van der Waals surface area contributed by atoms with Gasteiger partial charge < -0.3 is 11.1 Å². The van der Waals surface area contributed by atoms with Gasteiger partial charge in [0.15, 0.2) is 0 Å². The molecule has 1 aromatic rings. The second kappa shape index (κ2) is 4.72. The van der Waals surface area contributed by atoms with Crippen LogP contribution < -0.4 is 11.1 Å². The molecule has 0 aliphatic rings. The van der Waals surface area contributed by atoms with Gasteiger partial charge in [0.25, 0.3) is 5.91 Å². The number of halogens is 1. The Balaban J connectivity index is 2.63. The number of thiophene rings is 1. The molecule has 3 nitrogen and oxygen atoms in total. The van der Waals surface area contributed by atoms with Gasteiger partial charge in [0, 0.05) is 0 Å². The molecule has 0 fully saturated rings. The zero-order chi connectivity index (χ0) is 10.7. The van der Waals surface area contributed by atoms with E-state index in [4.69, 9.17) is 29.6 Å². The van der Waals surface area contributed by atoms with Crippen LogP contribution >= 0.6 is 35.2 Å². The number of amides is 1. The van der Waals surface area contributed by atoms with E-state index in [1.165, 1.54) is 11.3 Å². The minimum absolute atomic E-state index is 0.206. The van der Waals surface area contributed by atoms with E-state index in [2.05, 4.69) is 5.32 Å². The second-order valence-corrected chi connectivity index (χ2v) is 4.89. The molecule has 1 rings (SSSR count). The van der Waals surface area contributed by atoms with Gasteiger partial charge in [-0.2, -0.15) is 0 Å². The highest BCUT2D eigenvalue weighted by molar-refractivity contribution is 7.80. The molecule has 1 amide bonds. The smallest absolute Gasteiger partial charge is 0.261 e. The summed E-state index contributed by atoms with van der Waals surface area (Å²) in [6.45, 7) is 1.73. The summed E-state index contributed by atoms with van der Waals surface area (Å²) >= 11 is 11.6. The fourth-order valence-electron chi connectivity index (χ4n) is 0.775. The molecule has 0 radical (unpaired) electrons. The number of thiocarbonyl (C=S) groups is 1. The van der Waals surface area contributed by atoms with Crippen molar-refractivity contribution in [2.24, 2.45) is 5.73 Å². The van der Waals surface area contributed by atoms with Gasteiger partial charge in [0.1, 0.15) is 0 Å². The molecule has 0 bridgehead atoms. The topological polar surface area (TPSA) is 55.1 Å². The van der Waals surface area contributed by atoms with Crippen LogP contribution in [0, 0.1) is 0 Å². The van der Waals surface area contributed by atoms with Crippen molar-refractivity contribution in [1.29, 1.82) is 0 Å². The van der Waals surface area contributed by atoms with Crippen LogP contribution in [0.4, 0.5) is 0 Å². The van der Waals surface area contributed by atoms with E-state index < -0.39 is 0 Å². The predicted molar refractivity (Wildman–Crippen MR) is 63.0 cm³/mol. The van der Waals surface area contributed by atoms with E-state index in [1.807, 2.05) is 0 Å². The van der Waals surface area contributed by atoms with Crippen LogP contribution in [-0.2, 0) is 0 Å². The molecule has 1 unspecified atom stereocenters. The summed E-state index contributed by atoms with van der Waals surface area (Å²) in [5.74, 6) is -0.206. The highest BCUT2D eigenvalue weighted by Gasteiger charge is 2.12. The van der Waals surface area contributed by atoms with Gasteiger partial charge in [0.05, 0.1) is 20.2 Å². The molecule has 14 heavy (non-hydrogen) atoms. The summed E-state index contributed by atoms with van der Waals surface area (Å²) in [6, 6.07) is 3.03. The SMILES string of the molecule is CC(NC(=O)c1ccc(Cl)s1)C(N)=S. The first-order chi connectivity index (χ1) is 6.50. The lowest BCUT2D eigenvalue weighted by molar-refractivity contribution is 0.0953. The van der Waals surface area contributed by atoms with Crippen LogP contribution in [-0.4, -0.2) is 16.9 Å². The Kier molecular flexibility index (Phi) is 3.86. The largest absolute Gasteiger partial charge is 0.392 e. The second-order valence-electron chi connectivity index (χ2n) is 2.70. The van der Waals surface area contributed by atoms with Crippen molar-refractivity contribution in [3.8, 4) is 0 Å². The fraction of sp³-hybridized carbons (Fsp3) is 0.250. The molecule has 0 aliphatic carbocycles. The summed E-state index contributed by atoms with van der Waals surface area (Å²) in [4.78, 5) is 12.3. The Morgan fingerprint density at radius 2 is 2.36 bits per heavy atom. The Bertz CT molecular complexity index is 364. The molecule has 0 spiro atoms. The van der Waals surface area contributed by atoms with E-state index in [9.17, 15) is 4.79 Å². The van der Waals surface area contributed by atoms with E-state index in [1.54, 1.807) is 19.1 Å². The standard InChI is InChI=1S/C8H9ClN2OS2/c1-4(7(10)13)11-8(12)5-2-3-6(9)14-5/h2-4H,1H3,(H2,10,13)(H,11,12). The first kappa shape index (κ1) is 11.4. The van der Waals surface area contributed by atoms with Gasteiger partial charge in [-0.1, -0.05) is 23.8 Å². The highest BCUT2D eigenvalue weighted by atomic mass is 35.5. The van der Waals surface area contributed by atoms with E-state index >= 15 is 0 Å². The summed E-state index contributed by atoms with van der Waals surface area (Å²) in [6.07, 6.45) is 0. The molecule has 3 N–H and O–H groups in total. The molecule has 0 aromatic carbocycles. The van der Waals surface area contributed by atoms with E-state index in [0.717, 1.165) is 0 Å². The summed E-state index contributed by atoms with van der Waals surface area (Å²) in [5.41, 5.74) is 5.36. The molecule has 0 aliphatic heterocycles. The van der Waals surface area contributed by atoms with Gasteiger partial charge in [0.2, 0.25) is 0 Å². The van der Waals surface area contributed by atoms with Crippen LogP contribution in [0.15, 0.2) is 12.1 Å². The van der Waals surface area contributed by atoms with Gasteiger partial charge in [-0.15, -0.1) is 11.3 Å². The lowest BCUT2D eigenvalue weighted by Gasteiger charge is -2.10. The number of hydrogen-bond donors (Lipinski definition) is 2. The molecular weight excluding hydrogens is 240 g/mol. The van der Waals surface area contributed by atoms with E-state index in [0.29, 0.717) is 9.21 Å². The highest BCUT2D eigenvalue weighted by Crippen LogP contribution is 2.21. The van der Waals surface area contributed by atoms with Crippen molar-refractivity contribution in [2.75, 3.05) is 0 Å². The number of hydrogen-bond acceptors (Lipinski definition) is 3. The monoisotopic (exact) mass is 248 g/mol. The third kappa shape index (κ3) is 2.94. The average Bonchev–Trinajstić information content (AvgIpc) is 2.51. The molecule has 0 saturated heterocycles. The van der Waals surface area contributed by atoms with Crippen molar-refractivity contribution >= 4 is 46.1 Å². The van der Waals surface area contributed by atoms with E-state index in [-0.39, 0.29) is 16.9 Å². The zero-order valence-electron chi connectivity index (χ0n) is 7.41. The fourth-order valence-corrected chi connectivity index (χ4v) is 1.78. The molecule has 1 heterocycles. The summed E-state index contributed by atoms with van der Waals surface area (Å²) in [7, 11) is 0. The summed E-state index contributed by atoms with van der Waals surface area (Å²) in [5, 5.41) is 2.66. The minimum Gasteiger partial charge on any atom is -0.392 e. The molecule has 1 aromatic heterocycles. The first-order valence-electron chi connectivity index (χ1n) is 3.86. The normalized spacial score (nSPS) is 12.1. The average molecular weight is 249 g/mol. The third-order valence-corrected chi connectivity index (χ3v) is 3.15. The number of rotatable bonds is 3. The minimum atomic E-state index is -0.307. The van der Waals surface area contributed by atoms with Crippen LogP contribution in [0.25, 0.3) is 0 Å². The van der Waals surface area contributed by atoms with Crippen molar-refractivity contribution in [1.82, 2.24) is 5.32 Å². The molecular formula is C8H9ClN2OS2. The van der Waals surface area contributed by atoms with Gasteiger partial charge in [-0.25, -0.2) is 0 Å². The van der Waals surface area contributed by atoms with Crippen molar-refractivity contribution in [3.05, 3.63) is 21.3 Å². The van der Waals surface area contributed by atoms with Crippen molar-refractivity contribution < 1.29 is 4.79 Å². The predicted octanol–water partition coefficient (Wildman–Crippen LogP) is 1.81. The lowest BCUT2D eigenvalue weighted by atomic mass is 10.3. The number of nitrogens with one attached hydrogen (secondary N) is 1. The Hall–Kier alpha value is -0.650. The molecule has 0 saturated carbocycles. The maximum Gasteiger partial charge on any atom is 0.261 e. The first-order valence-corrected chi connectivity index (χ1v) is 5.46. The van der Waals surface area contributed by atoms with Crippen LogP contribution in [0.3, 0.4) is 0 Å². The quantitative estimate of drug-likeness (QED) is 0.803. The lowest BCUT2D eigenvalue weighted by Crippen LogP contribution is -2.40.